The third kappa shape index (κ3) is 2.10. The number of hydrogen-bond donors (Lipinski definition) is 2. The van der Waals surface area contributed by atoms with Crippen molar-refractivity contribution in [3.8, 4) is 5.75 Å². The van der Waals surface area contributed by atoms with Gasteiger partial charge < -0.3 is 10.2 Å². The molecule has 20 heavy (non-hydrogen) atoms. The molecule has 1 aliphatic rings. The van der Waals surface area contributed by atoms with Crippen molar-refractivity contribution in [1.29, 1.82) is 0 Å². The van der Waals surface area contributed by atoms with Gasteiger partial charge in [-0.15, -0.1) is 0 Å². The maximum Gasteiger partial charge on any atom is 0.119 e. The van der Waals surface area contributed by atoms with Gasteiger partial charge in [0, 0.05) is 11.1 Å². The first-order valence-corrected chi connectivity index (χ1v) is 7.21. The molecule has 2 aromatic rings. The Labute approximate surface area is 119 Å². The monoisotopic (exact) mass is 271 g/mol. The fourth-order valence-electron chi connectivity index (χ4n) is 3.12. The molecule has 1 heterocycles. The lowest BCUT2D eigenvalue weighted by atomic mass is 10.00. The van der Waals surface area contributed by atoms with E-state index in [0.717, 1.165) is 40.7 Å². The quantitative estimate of drug-likeness (QED) is 0.500. The summed E-state index contributed by atoms with van der Waals surface area (Å²) in [5.41, 5.74) is 8.57. The SMILES string of the molecule is COc1cc(C)c2nc3c(c(NN)c2c1)CCCCC3. The molecule has 0 saturated carbocycles. The molecular formula is C16H21N3O. The number of fused-ring (bicyclic) bond motifs is 2. The van der Waals surface area contributed by atoms with Crippen molar-refractivity contribution in [3.63, 3.8) is 0 Å². The zero-order valence-corrected chi connectivity index (χ0v) is 12.1. The van der Waals surface area contributed by atoms with Gasteiger partial charge in [0.05, 0.1) is 18.3 Å². The first-order valence-electron chi connectivity index (χ1n) is 7.21. The van der Waals surface area contributed by atoms with E-state index in [9.17, 15) is 0 Å². The number of nitrogens with zero attached hydrogens (tertiary/aromatic N) is 1. The number of nitrogens with one attached hydrogen (secondary N) is 1. The Morgan fingerprint density at radius 3 is 2.75 bits per heavy atom. The average molecular weight is 271 g/mol. The topological polar surface area (TPSA) is 60.2 Å². The van der Waals surface area contributed by atoms with Crippen molar-refractivity contribution in [3.05, 3.63) is 29.0 Å². The normalized spacial score (nSPS) is 14.8. The van der Waals surface area contributed by atoms with E-state index in [0.29, 0.717) is 0 Å². The number of benzene rings is 1. The van der Waals surface area contributed by atoms with Crippen LogP contribution >= 0.6 is 0 Å². The van der Waals surface area contributed by atoms with Crippen LogP contribution in [0.3, 0.4) is 0 Å². The molecule has 0 amide bonds. The van der Waals surface area contributed by atoms with Crippen molar-refractivity contribution in [1.82, 2.24) is 4.98 Å². The molecule has 0 fully saturated rings. The van der Waals surface area contributed by atoms with Gasteiger partial charge in [-0.2, -0.15) is 0 Å². The second-order valence-corrected chi connectivity index (χ2v) is 5.46. The van der Waals surface area contributed by atoms with Gasteiger partial charge in [-0.25, -0.2) is 0 Å². The minimum absolute atomic E-state index is 0.849. The van der Waals surface area contributed by atoms with Crippen LogP contribution in [0.4, 0.5) is 5.69 Å². The van der Waals surface area contributed by atoms with Crippen LogP contribution in [0.5, 0.6) is 5.75 Å². The second kappa shape index (κ2) is 5.29. The number of aromatic nitrogens is 1. The molecule has 4 nitrogen and oxygen atoms in total. The number of hydrogen-bond acceptors (Lipinski definition) is 4. The summed E-state index contributed by atoms with van der Waals surface area (Å²) in [4.78, 5) is 4.91. The van der Waals surface area contributed by atoms with Crippen LogP contribution in [0.2, 0.25) is 0 Å². The lowest BCUT2D eigenvalue weighted by molar-refractivity contribution is 0.415. The largest absolute Gasteiger partial charge is 0.497 e. The molecule has 0 aliphatic heterocycles. The number of pyridine rings is 1. The van der Waals surface area contributed by atoms with Gasteiger partial charge in [0.25, 0.3) is 0 Å². The smallest absolute Gasteiger partial charge is 0.119 e. The highest BCUT2D eigenvalue weighted by molar-refractivity contribution is 5.96. The zero-order valence-electron chi connectivity index (χ0n) is 12.1. The molecule has 106 valence electrons. The third-order valence-corrected chi connectivity index (χ3v) is 4.16. The van der Waals surface area contributed by atoms with Crippen molar-refractivity contribution in [2.24, 2.45) is 5.84 Å². The van der Waals surface area contributed by atoms with Gasteiger partial charge in [-0.3, -0.25) is 10.8 Å². The van der Waals surface area contributed by atoms with Crippen LogP contribution in [0, 0.1) is 6.92 Å². The Morgan fingerprint density at radius 1 is 1.20 bits per heavy atom. The lowest BCUT2D eigenvalue weighted by Crippen LogP contribution is -2.12. The first-order chi connectivity index (χ1) is 9.74. The Balaban J connectivity index is 2.33. The van der Waals surface area contributed by atoms with Crippen LogP contribution in [-0.4, -0.2) is 12.1 Å². The van der Waals surface area contributed by atoms with Gasteiger partial charge in [-0.05, 0) is 55.9 Å². The van der Waals surface area contributed by atoms with Gasteiger partial charge in [0.1, 0.15) is 5.75 Å². The summed E-state index contributed by atoms with van der Waals surface area (Å²) in [5.74, 6) is 6.66. The minimum atomic E-state index is 0.849. The molecule has 0 bridgehead atoms. The standard InChI is InChI=1S/C16H21N3O/c1-10-8-11(20-2)9-13-15(10)18-14-7-5-3-4-6-12(14)16(13)19-17/h8-9H,3-7,17H2,1-2H3,(H,18,19). The van der Waals surface area contributed by atoms with Crippen LogP contribution in [-0.2, 0) is 12.8 Å². The van der Waals surface area contributed by atoms with E-state index in [2.05, 4.69) is 12.3 Å². The van der Waals surface area contributed by atoms with Crippen LogP contribution in [0.25, 0.3) is 10.9 Å². The number of nitrogens with two attached hydrogens (primary N) is 1. The lowest BCUT2D eigenvalue weighted by Gasteiger charge is -2.16. The molecule has 0 saturated heterocycles. The highest BCUT2D eigenvalue weighted by Crippen LogP contribution is 2.35. The zero-order chi connectivity index (χ0) is 14.1. The summed E-state index contributed by atoms with van der Waals surface area (Å²) in [5, 5.41) is 1.06. The summed E-state index contributed by atoms with van der Waals surface area (Å²) in [6, 6.07) is 4.05. The Hall–Kier alpha value is -1.81. The van der Waals surface area contributed by atoms with Crippen LogP contribution < -0.4 is 16.0 Å². The maximum absolute atomic E-state index is 5.81. The summed E-state index contributed by atoms with van der Waals surface area (Å²) >= 11 is 0. The van der Waals surface area contributed by atoms with Crippen molar-refractivity contribution >= 4 is 16.6 Å². The molecule has 0 radical (unpaired) electrons. The van der Waals surface area contributed by atoms with Gasteiger partial charge in [-0.1, -0.05) is 6.42 Å². The van der Waals surface area contributed by atoms with Gasteiger partial charge >= 0.3 is 0 Å². The van der Waals surface area contributed by atoms with Crippen LogP contribution in [0.1, 0.15) is 36.1 Å². The number of hydrazine groups is 1. The Kier molecular flexibility index (Phi) is 3.49. The fraction of sp³-hybridized carbons (Fsp3) is 0.438. The number of anilines is 1. The molecule has 1 aromatic carbocycles. The van der Waals surface area contributed by atoms with E-state index < -0.39 is 0 Å². The Bertz CT molecular complexity index is 652. The average Bonchev–Trinajstić information content (AvgIpc) is 2.70. The predicted octanol–water partition coefficient (Wildman–Crippen LogP) is 3.11. The molecule has 4 heteroatoms. The Morgan fingerprint density at radius 2 is 2.00 bits per heavy atom. The van der Waals surface area contributed by atoms with Gasteiger partial charge in [0.15, 0.2) is 0 Å². The van der Waals surface area contributed by atoms with E-state index in [-0.39, 0.29) is 0 Å². The first kappa shape index (κ1) is 13.2. The van der Waals surface area contributed by atoms with E-state index in [4.69, 9.17) is 15.6 Å². The number of aryl methyl sites for hydroxylation is 2. The molecule has 0 unspecified atom stereocenters. The fourth-order valence-corrected chi connectivity index (χ4v) is 3.12. The van der Waals surface area contributed by atoms with Gasteiger partial charge in [0.2, 0.25) is 0 Å². The van der Waals surface area contributed by atoms with Crippen molar-refractivity contribution in [2.45, 2.75) is 39.0 Å². The molecule has 0 spiro atoms. The maximum atomic E-state index is 5.81. The summed E-state index contributed by atoms with van der Waals surface area (Å²) in [6.07, 6.45) is 5.78. The second-order valence-electron chi connectivity index (χ2n) is 5.46. The van der Waals surface area contributed by atoms with E-state index in [1.807, 2.05) is 12.1 Å². The highest BCUT2D eigenvalue weighted by atomic mass is 16.5. The highest BCUT2D eigenvalue weighted by Gasteiger charge is 2.18. The number of rotatable bonds is 2. The van der Waals surface area contributed by atoms with Crippen molar-refractivity contribution in [2.75, 3.05) is 12.5 Å². The molecule has 3 rings (SSSR count). The van der Waals surface area contributed by atoms with E-state index in [1.165, 1.54) is 30.5 Å². The van der Waals surface area contributed by atoms with E-state index >= 15 is 0 Å². The summed E-state index contributed by atoms with van der Waals surface area (Å²) < 4.78 is 5.38. The molecule has 3 N–H and O–H groups in total. The number of nitrogen functional groups attached to an aromatic ring is 1. The third-order valence-electron chi connectivity index (χ3n) is 4.16. The molecular weight excluding hydrogens is 250 g/mol. The van der Waals surface area contributed by atoms with Crippen LogP contribution in [0.15, 0.2) is 12.1 Å². The van der Waals surface area contributed by atoms with E-state index in [1.54, 1.807) is 7.11 Å². The molecule has 0 atom stereocenters. The molecule has 1 aromatic heterocycles. The van der Waals surface area contributed by atoms with Crippen molar-refractivity contribution < 1.29 is 4.74 Å². The summed E-state index contributed by atoms with van der Waals surface area (Å²) in [6.45, 7) is 2.07. The molecule has 1 aliphatic carbocycles. The number of methoxy groups -OCH3 is 1. The minimum Gasteiger partial charge on any atom is -0.497 e. The number of ether oxygens (including phenoxy) is 1. The summed E-state index contributed by atoms with van der Waals surface area (Å²) in [7, 11) is 1.69. The predicted molar refractivity (Wildman–Crippen MR) is 82.1 cm³/mol.